The fraction of sp³-hybridized carbons (Fsp3) is 0.273. The molecule has 5 heterocycles. The molecule has 0 aromatic carbocycles. The molecule has 2 aliphatic heterocycles. The van der Waals surface area contributed by atoms with Crippen LogP contribution in [-0.4, -0.2) is 39.4 Å². The lowest BCUT2D eigenvalue weighted by Crippen LogP contribution is -2.31. The van der Waals surface area contributed by atoms with Crippen LogP contribution in [-0.2, 0) is 6.54 Å². The molecule has 0 aliphatic carbocycles. The molecule has 2 aliphatic rings. The first-order chi connectivity index (χ1) is 14.7. The van der Waals surface area contributed by atoms with Gasteiger partial charge in [-0.2, -0.15) is 10.4 Å². The van der Waals surface area contributed by atoms with Crippen LogP contribution in [0.1, 0.15) is 29.7 Å². The van der Waals surface area contributed by atoms with E-state index in [0.717, 1.165) is 55.2 Å². The van der Waals surface area contributed by atoms with Gasteiger partial charge in [0.05, 0.1) is 17.8 Å². The normalized spacial score (nSPS) is 15.7. The molecular weight excluding hydrogens is 381 g/mol. The Morgan fingerprint density at radius 3 is 2.63 bits per heavy atom. The summed E-state index contributed by atoms with van der Waals surface area (Å²) in [6.45, 7) is 2.96. The largest absolute Gasteiger partial charge is 0.354 e. The summed E-state index contributed by atoms with van der Waals surface area (Å²) in [7, 11) is 0. The van der Waals surface area contributed by atoms with E-state index < -0.39 is 0 Å². The number of hydrogen-bond donors (Lipinski definition) is 0. The summed E-state index contributed by atoms with van der Waals surface area (Å²) in [5.74, 6) is 0.965. The Kier molecular flexibility index (Phi) is 4.64. The molecule has 3 aromatic heterocycles. The van der Waals surface area contributed by atoms with Crippen LogP contribution in [0.25, 0.3) is 5.70 Å². The summed E-state index contributed by atoms with van der Waals surface area (Å²) in [4.78, 5) is 12.7. The van der Waals surface area contributed by atoms with Crippen molar-refractivity contribution in [3.63, 3.8) is 0 Å². The molecule has 1 fully saturated rings. The maximum atomic E-state index is 14.7. The predicted octanol–water partition coefficient (Wildman–Crippen LogP) is 3.19. The number of anilines is 2. The Bertz CT molecular complexity index is 1140. The second-order valence-electron chi connectivity index (χ2n) is 7.45. The van der Waals surface area contributed by atoms with Gasteiger partial charge in [-0.25, -0.2) is 9.37 Å². The summed E-state index contributed by atoms with van der Waals surface area (Å²) in [5, 5.41) is 13.5. The maximum Gasteiger partial charge on any atom is 0.166 e. The zero-order valence-electron chi connectivity index (χ0n) is 16.4. The molecule has 1 saturated heterocycles. The van der Waals surface area contributed by atoms with Crippen LogP contribution >= 0.6 is 0 Å². The van der Waals surface area contributed by atoms with Gasteiger partial charge in [-0.15, -0.1) is 0 Å². The third-order valence-electron chi connectivity index (χ3n) is 5.46. The molecule has 0 saturated carbocycles. The van der Waals surface area contributed by atoms with Crippen LogP contribution in [0.15, 0.2) is 48.9 Å². The van der Waals surface area contributed by atoms with Crippen molar-refractivity contribution in [3.8, 4) is 6.07 Å². The molecule has 0 bridgehead atoms. The second-order valence-corrected chi connectivity index (χ2v) is 7.45. The summed E-state index contributed by atoms with van der Waals surface area (Å²) in [6.07, 6.45) is 9.41. The van der Waals surface area contributed by atoms with Gasteiger partial charge in [0.2, 0.25) is 0 Å². The molecule has 7 nitrogen and oxygen atoms in total. The van der Waals surface area contributed by atoms with Crippen LogP contribution < -0.4 is 9.80 Å². The van der Waals surface area contributed by atoms with E-state index in [1.165, 1.54) is 0 Å². The first-order valence-corrected chi connectivity index (χ1v) is 9.98. The van der Waals surface area contributed by atoms with Gasteiger partial charge in [0.1, 0.15) is 6.07 Å². The van der Waals surface area contributed by atoms with E-state index in [1.807, 2.05) is 34.2 Å². The van der Waals surface area contributed by atoms with E-state index in [1.54, 1.807) is 29.2 Å². The SMILES string of the molecule is N#Cc1ccc(Cn2ccc(N3CC=C3c3cnc(N4CCCC4)c(F)c3)n2)nc1. The maximum absolute atomic E-state index is 14.7. The molecule has 0 atom stereocenters. The molecule has 0 spiro atoms. The Balaban J connectivity index is 1.30. The van der Waals surface area contributed by atoms with Crippen molar-refractivity contribution in [2.45, 2.75) is 19.4 Å². The molecule has 5 rings (SSSR count). The quantitative estimate of drug-likeness (QED) is 0.654. The van der Waals surface area contributed by atoms with Crippen molar-refractivity contribution in [1.82, 2.24) is 19.7 Å². The first-order valence-electron chi connectivity index (χ1n) is 9.98. The molecule has 8 heteroatoms. The minimum absolute atomic E-state index is 0.278. The summed E-state index contributed by atoms with van der Waals surface area (Å²) < 4.78 is 16.5. The van der Waals surface area contributed by atoms with Crippen molar-refractivity contribution in [3.05, 3.63) is 71.6 Å². The van der Waals surface area contributed by atoms with Gasteiger partial charge in [-0.1, -0.05) is 0 Å². The van der Waals surface area contributed by atoms with E-state index >= 15 is 0 Å². The zero-order chi connectivity index (χ0) is 20.5. The highest BCUT2D eigenvalue weighted by Gasteiger charge is 2.25. The van der Waals surface area contributed by atoms with Gasteiger partial charge in [0, 0.05) is 55.6 Å². The number of aromatic nitrogens is 4. The van der Waals surface area contributed by atoms with Crippen LogP contribution in [0.4, 0.5) is 16.0 Å². The summed E-state index contributed by atoms with van der Waals surface area (Å²) in [6, 6.07) is 9.13. The lowest BCUT2D eigenvalue weighted by Gasteiger charge is -2.32. The standard InChI is InChI=1S/C22H20FN7/c23-19-11-17(14-26-22(19)28-7-1-2-8-28)20-5-10-30(20)21-6-9-29(27-21)15-18-4-3-16(12-24)13-25-18/h3-6,9,11,13-14H,1-2,7-8,10,15H2. The number of nitriles is 1. The zero-order valence-corrected chi connectivity index (χ0v) is 16.4. The average Bonchev–Trinajstić information content (AvgIpc) is 3.41. The highest BCUT2D eigenvalue weighted by molar-refractivity contribution is 5.84. The molecule has 0 N–H and O–H groups in total. The van der Waals surface area contributed by atoms with Gasteiger partial charge in [-0.3, -0.25) is 9.67 Å². The Labute approximate surface area is 173 Å². The number of hydrogen-bond acceptors (Lipinski definition) is 6. The Hall–Kier alpha value is -3.73. The van der Waals surface area contributed by atoms with Gasteiger partial charge in [0.15, 0.2) is 17.5 Å². The van der Waals surface area contributed by atoms with Gasteiger partial charge in [-0.05, 0) is 37.1 Å². The minimum Gasteiger partial charge on any atom is -0.354 e. The molecule has 150 valence electrons. The number of pyridine rings is 2. The van der Waals surface area contributed by atoms with Crippen LogP contribution in [0.2, 0.25) is 0 Å². The summed E-state index contributed by atoms with van der Waals surface area (Å²) in [5.41, 5.74) is 3.03. The number of rotatable bonds is 5. The Morgan fingerprint density at radius 2 is 1.97 bits per heavy atom. The molecule has 3 aromatic rings. The van der Waals surface area contributed by atoms with Crippen molar-refractivity contribution >= 4 is 17.3 Å². The fourth-order valence-electron chi connectivity index (χ4n) is 3.83. The molecular formula is C22H20FN7. The molecule has 30 heavy (non-hydrogen) atoms. The second kappa shape index (κ2) is 7.59. The van der Waals surface area contributed by atoms with Crippen LogP contribution in [0, 0.1) is 17.1 Å². The van der Waals surface area contributed by atoms with Crippen LogP contribution in [0.5, 0.6) is 0 Å². The first kappa shape index (κ1) is 18.3. The van der Waals surface area contributed by atoms with E-state index in [-0.39, 0.29) is 5.82 Å². The monoisotopic (exact) mass is 401 g/mol. The van der Waals surface area contributed by atoms with Crippen molar-refractivity contribution in [2.75, 3.05) is 29.4 Å². The molecule has 0 unspecified atom stereocenters. The van der Waals surface area contributed by atoms with E-state index in [2.05, 4.69) is 21.1 Å². The number of nitrogens with zero attached hydrogens (tertiary/aromatic N) is 7. The highest BCUT2D eigenvalue weighted by atomic mass is 19.1. The fourth-order valence-corrected chi connectivity index (χ4v) is 3.83. The lowest BCUT2D eigenvalue weighted by molar-refractivity contribution is 0.615. The number of halogens is 1. The third-order valence-corrected chi connectivity index (χ3v) is 5.46. The van der Waals surface area contributed by atoms with E-state index in [9.17, 15) is 4.39 Å². The third kappa shape index (κ3) is 3.39. The Morgan fingerprint density at radius 1 is 1.10 bits per heavy atom. The van der Waals surface area contributed by atoms with Gasteiger partial charge >= 0.3 is 0 Å². The van der Waals surface area contributed by atoms with Crippen molar-refractivity contribution in [2.24, 2.45) is 0 Å². The van der Waals surface area contributed by atoms with Crippen LogP contribution in [0.3, 0.4) is 0 Å². The average molecular weight is 401 g/mol. The lowest BCUT2D eigenvalue weighted by atomic mass is 10.1. The van der Waals surface area contributed by atoms with Crippen molar-refractivity contribution < 1.29 is 4.39 Å². The molecule has 0 radical (unpaired) electrons. The van der Waals surface area contributed by atoms with Gasteiger partial charge in [0.25, 0.3) is 0 Å². The van der Waals surface area contributed by atoms with Gasteiger partial charge < -0.3 is 9.80 Å². The molecule has 0 amide bonds. The topological polar surface area (TPSA) is 73.9 Å². The minimum atomic E-state index is -0.278. The predicted molar refractivity (Wildman–Crippen MR) is 111 cm³/mol. The van der Waals surface area contributed by atoms with E-state index in [0.29, 0.717) is 17.9 Å². The van der Waals surface area contributed by atoms with Crippen molar-refractivity contribution in [1.29, 1.82) is 5.26 Å². The smallest absolute Gasteiger partial charge is 0.166 e. The van der Waals surface area contributed by atoms with E-state index in [4.69, 9.17) is 5.26 Å². The summed E-state index contributed by atoms with van der Waals surface area (Å²) >= 11 is 0. The highest BCUT2D eigenvalue weighted by Crippen LogP contribution is 2.32.